The smallest absolute Gasteiger partial charge is 0.165 e. The third-order valence-electron chi connectivity index (χ3n) is 3.58. The number of phenolic OH excluding ortho intramolecular Hbond substituents is 1. The van der Waals surface area contributed by atoms with E-state index in [1.54, 1.807) is 0 Å². The largest absolute Gasteiger partial charge is 0.505 e. The predicted molar refractivity (Wildman–Crippen MR) is 79.7 cm³/mol. The molecule has 20 heavy (non-hydrogen) atoms. The molecule has 2 N–H and O–H groups in total. The second-order valence-electron chi connectivity index (χ2n) is 5.25. The minimum absolute atomic E-state index is 0.141. The Bertz CT molecular complexity index is 501. The fraction of sp³-hybridized carbons (Fsp3) is 0.467. The third kappa shape index (κ3) is 3.32. The number of halogens is 2. The number of aromatic hydroxyl groups is 1. The van der Waals surface area contributed by atoms with Gasteiger partial charge in [0.05, 0.1) is 0 Å². The Morgan fingerprint density at radius 1 is 1.50 bits per heavy atom. The maximum Gasteiger partial charge on any atom is 0.165 e. The first kappa shape index (κ1) is 15.3. The quantitative estimate of drug-likeness (QED) is 0.839. The molecule has 5 heteroatoms. The average Bonchev–Trinajstić information content (AvgIpc) is 2.43. The third-order valence-corrected chi connectivity index (χ3v) is 3.91. The zero-order chi connectivity index (χ0) is 14.7. The summed E-state index contributed by atoms with van der Waals surface area (Å²) < 4.78 is 13.7. The normalized spacial score (nSPS) is 17.9. The van der Waals surface area contributed by atoms with Crippen LogP contribution in [0.3, 0.4) is 0 Å². The summed E-state index contributed by atoms with van der Waals surface area (Å²) in [5.41, 5.74) is 1.45. The topological polar surface area (TPSA) is 35.5 Å². The van der Waals surface area contributed by atoms with Gasteiger partial charge in [-0.2, -0.15) is 0 Å². The molecule has 0 saturated carbocycles. The Morgan fingerprint density at radius 3 is 2.75 bits per heavy atom. The SMILES string of the molecule is C=C(C)C[C@@H](c1c(Cl)ccc(F)c1O)N1CCNCC1. The number of benzene rings is 1. The number of piperazine rings is 1. The van der Waals surface area contributed by atoms with Crippen molar-refractivity contribution in [3.8, 4) is 5.75 Å². The molecule has 1 saturated heterocycles. The van der Waals surface area contributed by atoms with Crippen molar-refractivity contribution in [2.24, 2.45) is 0 Å². The molecular weight excluding hydrogens is 279 g/mol. The molecule has 0 spiro atoms. The van der Waals surface area contributed by atoms with Crippen LogP contribution in [0.25, 0.3) is 0 Å². The van der Waals surface area contributed by atoms with Crippen LogP contribution in [0, 0.1) is 5.82 Å². The Morgan fingerprint density at radius 2 is 2.15 bits per heavy atom. The van der Waals surface area contributed by atoms with Crippen LogP contribution in [0.1, 0.15) is 24.9 Å². The lowest BCUT2D eigenvalue weighted by molar-refractivity contribution is 0.169. The van der Waals surface area contributed by atoms with Gasteiger partial charge in [-0.1, -0.05) is 17.2 Å². The summed E-state index contributed by atoms with van der Waals surface area (Å²) in [6.07, 6.45) is 0.650. The van der Waals surface area contributed by atoms with E-state index in [2.05, 4.69) is 16.8 Å². The molecule has 0 radical (unpaired) electrons. The minimum atomic E-state index is -0.633. The van der Waals surface area contributed by atoms with Gasteiger partial charge in [0.25, 0.3) is 0 Å². The van der Waals surface area contributed by atoms with Gasteiger partial charge in [0.2, 0.25) is 0 Å². The molecule has 1 atom stereocenters. The lowest BCUT2D eigenvalue weighted by Gasteiger charge is -2.36. The first-order valence-corrected chi connectivity index (χ1v) is 7.14. The fourth-order valence-electron chi connectivity index (χ4n) is 2.61. The fourth-order valence-corrected chi connectivity index (χ4v) is 2.89. The number of hydrogen-bond acceptors (Lipinski definition) is 3. The van der Waals surface area contributed by atoms with Crippen LogP contribution in [-0.2, 0) is 0 Å². The van der Waals surface area contributed by atoms with E-state index in [1.807, 2.05) is 6.92 Å². The van der Waals surface area contributed by atoms with Crippen LogP contribution in [0.5, 0.6) is 5.75 Å². The second kappa shape index (κ2) is 6.57. The van der Waals surface area contributed by atoms with Gasteiger partial charge in [-0.3, -0.25) is 4.90 Å². The minimum Gasteiger partial charge on any atom is -0.505 e. The Hall–Kier alpha value is -1.10. The highest BCUT2D eigenvalue weighted by molar-refractivity contribution is 6.31. The first-order chi connectivity index (χ1) is 9.50. The highest BCUT2D eigenvalue weighted by atomic mass is 35.5. The molecule has 0 aromatic heterocycles. The van der Waals surface area contributed by atoms with E-state index in [1.165, 1.54) is 12.1 Å². The van der Waals surface area contributed by atoms with Gasteiger partial charge < -0.3 is 10.4 Å². The van der Waals surface area contributed by atoms with Crippen molar-refractivity contribution < 1.29 is 9.50 Å². The molecule has 0 unspecified atom stereocenters. The van der Waals surface area contributed by atoms with E-state index in [0.717, 1.165) is 31.8 Å². The molecule has 1 aliphatic heterocycles. The monoisotopic (exact) mass is 298 g/mol. The lowest BCUT2D eigenvalue weighted by atomic mass is 9.96. The summed E-state index contributed by atoms with van der Waals surface area (Å²) in [6.45, 7) is 9.29. The summed E-state index contributed by atoms with van der Waals surface area (Å²) in [7, 11) is 0. The number of phenols is 1. The number of hydrogen-bond donors (Lipinski definition) is 2. The molecule has 1 aliphatic rings. The summed E-state index contributed by atoms with van der Waals surface area (Å²) >= 11 is 6.20. The molecule has 1 aromatic carbocycles. The van der Waals surface area contributed by atoms with Crippen molar-refractivity contribution in [1.82, 2.24) is 10.2 Å². The molecule has 110 valence electrons. The van der Waals surface area contributed by atoms with Gasteiger partial charge in [0, 0.05) is 42.8 Å². The molecule has 1 aromatic rings. The Labute approximate surface area is 124 Å². The predicted octanol–water partition coefficient (Wildman–Crippen LogP) is 3.10. The summed E-state index contributed by atoms with van der Waals surface area (Å²) in [5, 5.41) is 13.7. The van der Waals surface area contributed by atoms with Gasteiger partial charge >= 0.3 is 0 Å². The van der Waals surface area contributed by atoms with Crippen molar-refractivity contribution in [1.29, 1.82) is 0 Å². The van der Waals surface area contributed by atoms with Gasteiger partial charge in [-0.25, -0.2) is 4.39 Å². The molecule has 0 amide bonds. The highest BCUT2D eigenvalue weighted by Crippen LogP contribution is 2.39. The van der Waals surface area contributed by atoms with Crippen molar-refractivity contribution in [3.63, 3.8) is 0 Å². The van der Waals surface area contributed by atoms with E-state index < -0.39 is 5.82 Å². The molecule has 3 nitrogen and oxygen atoms in total. The lowest BCUT2D eigenvalue weighted by Crippen LogP contribution is -2.45. The summed E-state index contributed by atoms with van der Waals surface area (Å²) in [6, 6.07) is 2.55. The zero-order valence-corrected chi connectivity index (χ0v) is 12.4. The number of nitrogens with zero attached hydrogens (tertiary/aromatic N) is 1. The summed E-state index contributed by atoms with van der Waals surface area (Å²) in [4.78, 5) is 2.21. The summed E-state index contributed by atoms with van der Waals surface area (Å²) in [5.74, 6) is -0.978. The van der Waals surface area contributed by atoms with Crippen molar-refractivity contribution in [2.75, 3.05) is 26.2 Å². The van der Waals surface area contributed by atoms with Gasteiger partial charge in [0.15, 0.2) is 11.6 Å². The van der Waals surface area contributed by atoms with Crippen LogP contribution >= 0.6 is 11.6 Å². The molecule has 0 bridgehead atoms. The molecule has 2 rings (SSSR count). The zero-order valence-electron chi connectivity index (χ0n) is 11.6. The van der Waals surface area contributed by atoms with Crippen molar-refractivity contribution in [3.05, 3.63) is 40.7 Å². The van der Waals surface area contributed by atoms with E-state index in [9.17, 15) is 9.50 Å². The van der Waals surface area contributed by atoms with Crippen LogP contribution in [-0.4, -0.2) is 36.2 Å². The van der Waals surface area contributed by atoms with Crippen LogP contribution < -0.4 is 5.32 Å². The highest BCUT2D eigenvalue weighted by Gasteiger charge is 2.27. The Balaban J connectivity index is 2.40. The average molecular weight is 299 g/mol. The second-order valence-corrected chi connectivity index (χ2v) is 5.66. The van der Waals surface area contributed by atoms with Crippen LogP contribution in [0.15, 0.2) is 24.3 Å². The van der Waals surface area contributed by atoms with Gasteiger partial charge in [0.1, 0.15) is 0 Å². The van der Waals surface area contributed by atoms with Gasteiger partial charge in [-0.15, -0.1) is 6.58 Å². The number of rotatable bonds is 4. The Kier molecular flexibility index (Phi) is 5.02. The van der Waals surface area contributed by atoms with Crippen LogP contribution in [0.4, 0.5) is 4.39 Å². The molecule has 1 heterocycles. The van der Waals surface area contributed by atoms with Crippen LogP contribution in [0.2, 0.25) is 5.02 Å². The number of nitrogens with one attached hydrogen (secondary N) is 1. The maximum atomic E-state index is 13.7. The molecular formula is C15H20ClFN2O. The van der Waals surface area contributed by atoms with E-state index in [0.29, 0.717) is 17.0 Å². The van der Waals surface area contributed by atoms with E-state index >= 15 is 0 Å². The van der Waals surface area contributed by atoms with E-state index in [-0.39, 0.29) is 11.8 Å². The first-order valence-electron chi connectivity index (χ1n) is 6.76. The molecule has 1 fully saturated rings. The van der Waals surface area contributed by atoms with Crippen molar-refractivity contribution >= 4 is 11.6 Å². The van der Waals surface area contributed by atoms with Crippen molar-refractivity contribution in [2.45, 2.75) is 19.4 Å². The van der Waals surface area contributed by atoms with Gasteiger partial charge in [-0.05, 0) is 25.5 Å². The standard InChI is InChI=1S/C15H20ClFN2O/c1-10(2)9-13(19-7-5-18-6-8-19)14-11(16)3-4-12(17)15(14)20/h3-4,13,18,20H,1,5-9H2,2H3/t13-/m0/s1. The molecule has 0 aliphatic carbocycles. The van der Waals surface area contributed by atoms with E-state index in [4.69, 9.17) is 11.6 Å². The maximum absolute atomic E-state index is 13.7.